The van der Waals surface area contributed by atoms with Crippen molar-refractivity contribution in [1.82, 2.24) is 20.6 Å². The second-order valence-corrected chi connectivity index (χ2v) is 4.32. The molecule has 0 saturated heterocycles. The minimum atomic E-state index is -0.0753. The molecule has 1 amide bonds. The number of benzene rings is 1. The van der Waals surface area contributed by atoms with Crippen LogP contribution in [0.4, 0.5) is 0 Å². The van der Waals surface area contributed by atoms with E-state index in [4.69, 9.17) is 0 Å². The first kappa shape index (κ1) is 10.7. The van der Waals surface area contributed by atoms with E-state index in [0.29, 0.717) is 17.5 Å². The fourth-order valence-electron chi connectivity index (χ4n) is 2.07. The highest BCUT2D eigenvalue weighted by molar-refractivity contribution is 6.07. The lowest BCUT2D eigenvalue weighted by Crippen LogP contribution is -2.31. The zero-order valence-corrected chi connectivity index (χ0v) is 9.66. The predicted molar refractivity (Wildman–Crippen MR) is 63.2 cm³/mol. The van der Waals surface area contributed by atoms with Gasteiger partial charge in [0, 0.05) is 17.9 Å². The third-order valence-electron chi connectivity index (χ3n) is 2.98. The highest BCUT2D eigenvalue weighted by Crippen LogP contribution is 2.19. The molecule has 1 aliphatic rings. The molecule has 1 aromatic carbocycles. The lowest BCUT2D eigenvalue weighted by Gasteiger charge is -2.18. The van der Waals surface area contributed by atoms with Crippen LogP contribution in [0.25, 0.3) is 11.0 Å². The number of fused-ring (bicyclic) bond motifs is 1. The van der Waals surface area contributed by atoms with Gasteiger partial charge in [0.1, 0.15) is 11.0 Å². The summed E-state index contributed by atoms with van der Waals surface area (Å²) < 4.78 is 0. The first-order chi connectivity index (χ1) is 8.65. The van der Waals surface area contributed by atoms with Crippen molar-refractivity contribution >= 4 is 22.7 Å². The van der Waals surface area contributed by atoms with Gasteiger partial charge < -0.3 is 5.21 Å². The average Bonchev–Trinajstić information content (AvgIpc) is 2.71. The fourth-order valence-corrected chi connectivity index (χ4v) is 2.07. The van der Waals surface area contributed by atoms with Gasteiger partial charge in [-0.1, -0.05) is 17.8 Å². The summed E-state index contributed by atoms with van der Waals surface area (Å²) in [6.07, 6.45) is 0.420. The minimum Gasteiger partial charge on any atom is -0.410 e. The molecule has 1 aliphatic heterocycles. The van der Waals surface area contributed by atoms with Crippen LogP contribution in [0.5, 0.6) is 0 Å². The Bertz CT molecular complexity index is 660. The number of nitrogens with zero attached hydrogens (tertiary/aromatic N) is 4. The number of nitrogens with one attached hydrogen (secondary N) is 1. The van der Waals surface area contributed by atoms with Crippen molar-refractivity contribution in [2.45, 2.75) is 13.3 Å². The predicted octanol–water partition coefficient (Wildman–Crippen LogP) is 0.529. The summed E-state index contributed by atoms with van der Waals surface area (Å²) in [5.41, 5.74) is 5.27. The van der Waals surface area contributed by atoms with E-state index in [2.05, 4.69) is 20.8 Å². The molecule has 92 valence electrons. The van der Waals surface area contributed by atoms with Crippen molar-refractivity contribution < 1.29 is 10.0 Å². The second kappa shape index (κ2) is 3.80. The molecule has 2 aromatic rings. The van der Waals surface area contributed by atoms with Crippen LogP contribution in [0.3, 0.4) is 0 Å². The maximum absolute atomic E-state index is 11.2. The number of hydrogen-bond donors (Lipinski definition) is 2. The molecule has 0 radical (unpaired) electrons. The van der Waals surface area contributed by atoms with Gasteiger partial charge >= 0.3 is 0 Å². The smallest absolute Gasteiger partial charge is 0.240 e. The number of aromatic nitrogens is 3. The summed E-state index contributed by atoms with van der Waals surface area (Å²) in [6, 6.07) is 5.34. The third kappa shape index (κ3) is 1.60. The number of hydrogen-bond acceptors (Lipinski definition) is 5. The lowest BCUT2D eigenvalue weighted by molar-refractivity contribution is -0.121. The van der Waals surface area contributed by atoms with Crippen molar-refractivity contribution in [3.63, 3.8) is 0 Å². The summed E-state index contributed by atoms with van der Waals surface area (Å²) in [6.45, 7) is 1.95. The molecule has 7 nitrogen and oxygen atoms in total. The monoisotopic (exact) mass is 245 g/mol. The van der Waals surface area contributed by atoms with Gasteiger partial charge in [0.25, 0.3) is 0 Å². The third-order valence-corrected chi connectivity index (χ3v) is 2.98. The quantitative estimate of drug-likeness (QED) is 0.717. The molecule has 0 saturated carbocycles. The van der Waals surface area contributed by atoms with Crippen LogP contribution in [0.15, 0.2) is 23.3 Å². The Labute approximate surface area is 102 Å². The zero-order valence-electron chi connectivity index (χ0n) is 9.66. The van der Waals surface area contributed by atoms with Gasteiger partial charge in [-0.25, -0.2) is 5.43 Å². The Hall–Kier alpha value is -2.44. The van der Waals surface area contributed by atoms with E-state index in [9.17, 15) is 10.0 Å². The minimum absolute atomic E-state index is 0.0559. The summed E-state index contributed by atoms with van der Waals surface area (Å²) in [5, 5.41) is 20.8. The molecule has 0 aliphatic carbocycles. The maximum Gasteiger partial charge on any atom is 0.240 e. The Balaban J connectivity index is 2.06. The van der Waals surface area contributed by atoms with E-state index < -0.39 is 0 Å². The van der Waals surface area contributed by atoms with Crippen molar-refractivity contribution in [2.75, 3.05) is 0 Å². The van der Waals surface area contributed by atoms with E-state index in [1.165, 1.54) is 0 Å². The number of hydrazone groups is 1. The molecular formula is C11H11N5O2. The normalized spacial score (nSPS) is 19.7. The highest BCUT2D eigenvalue weighted by Gasteiger charge is 2.22. The molecule has 18 heavy (non-hydrogen) atoms. The maximum atomic E-state index is 11.2. The summed E-state index contributed by atoms with van der Waals surface area (Å²) in [7, 11) is 0. The largest absolute Gasteiger partial charge is 0.410 e. The molecular weight excluding hydrogens is 234 g/mol. The number of rotatable bonds is 1. The van der Waals surface area contributed by atoms with Gasteiger partial charge in [-0.2, -0.15) is 5.10 Å². The van der Waals surface area contributed by atoms with Crippen LogP contribution in [0.1, 0.15) is 18.9 Å². The molecule has 3 rings (SSSR count). The number of amides is 1. The Morgan fingerprint density at radius 2 is 2.33 bits per heavy atom. The van der Waals surface area contributed by atoms with Crippen LogP contribution in [0, 0.1) is 5.92 Å². The standard InChI is InChI=1S/C11H11N5O2/c1-6-4-10(17)13-14-11(6)7-2-3-9-8(5-7)12-15-16(9)18/h2-3,5-6,18H,4H2,1H3,(H,13,17). The van der Waals surface area contributed by atoms with Gasteiger partial charge in [0.2, 0.25) is 5.91 Å². The molecule has 0 fully saturated rings. The van der Waals surface area contributed by atoms with Gasteiger partial charge in [0.05, 0.1) is 5.71 Å². The topological polar surface area (TPSA) is 92.4 Å². The van der Waals surface area contributed by atoms with Crippen molar-refractivity contribution in [3.8, 4) is 0 Å². The molecule has 0 spiro atoms. The van der Waals surface area contributed by atoms with E-state index in [-0.39, 0.29) is 11.8 Å². The van der Waals surface area contributed by atoms with Gasteiger partial charge in [-0.05, 0) is 17.3 Å². The molecule has 2 N–H and O–H groups in total. The van der Waals surface area contributed by atoms with Crippen molar-refractivity contribution in [3.05, 3.63) is 23.8 Å². The zero-order chi connectivity index (χ0) is 12.7. The molecule has 1 aromatic heterocycles. The fraction of sp³-hybridized carbons (Fsp3) is 0.273. The number of carbonyl (C=O) groups excluding carboxylic acids is 1. The Morgan fingerprint density at radius 1 is 1.50 bits per heavy atom. The van der Waals surface area contributed by atoms with Crippen molar-refractivity contribution in [1.29, 1.82) is 0 Å². The van der Waals surface area contributed by atoms with E-state index >= 15 is 0 Å². The Morgan fingerprint density at radius 3 is 3.11 bits per heavy atom. The summed E-state index contributed by atoms with van der Waals surface area (Å²) >= 11 is 0. The van der Waals surface area contributed by atoms with E-state index in [1.807, 2.05) is 13.0 Å². The highest BCUT2D eigenvalue weighted by atomic mass is 16.5. The first-order valence-electron chi connectivity index (χ1n) is 5.56. The molecule has 7 heteroatoms. The number of carbonyl (C=O) groups is 1. The summed E-state index contributed by atoms with van der Waals surface area (Å²) in [5.74, 6) is -0.0194. The molecule has 1 atom stereocenters. The van der Waals surface area contributed by atoms with Crippen molar-refractivity contribution in [2.24, 2.45) is 11.0 Å². The Kier molecular flexibility index (Phi) is 2.26. The van der Waals surface area contributed by atoms with E-state index in [0.717, 1.165) is 16.1 Å². The van der Waals surface area contributed by atoms with Crippen LogP contribution in [0.2, 0.25) is 0 Å². The molecule has 2 heterocycles. The van der Waals surface area contributed by atoms with Crippen LogP contribution >= 0.6 is 0 Å². The lowest BCUT2D eigenvalue weighted by atomic mass is 9.94. The molecule has 1 unspecified atom stereocenters. The van der Waals surface area contributed by atoms with Gasteiger partial charge in [-0.3, -0.25) is 4.79 Å². The van der Waals surface area contributed by atoms with E-state index in [1.54, 1.807) is 12.1 Å². The first-order valence-corrected chi connectivity index (χ1v) is 5.56. The summed E-state index contributed by atoms with van der Waals surface area (Å²) in [4.78, 5) is 11.9. The van der Waals surface area contributed by atoms with Crippen LogP contribution < -0.4 is 5.43 Å². The second-order valence-electron chi connectivity index (χ2n) is 4.32. The van der Waals surface area contributed by atoms with Crippen LogP contribution in [-0.4, -0.2) is 32.0 Å². The molecule has 0 bridgehead atoms. The van der Waals surface area contributed by atoms with Gasteiger partial charge in [-0.15, -0.1) is 5.10 Å². The van der Waals surface area contributed by atoms with Crippen LogP contribution in [-0.2, 0) is 4.79 Å². The van der Waals surface area contributed by atoms with Gasteiger partial charge in [0.15, 0.2) is 0 Å². The average molecular weight is 245 g/mol. The SMILES string of the molecule is CC1CC(=O)NN=C1c1ccc2c(c1)nnn2O.